The Morgan fingerprint density at radius 1 is 0.565 bits per heavy atom. The van der Waals surface area contributed by atoms with E-state index >= 15 is 0 Å². The molecule has 23 heavy (non-hydrogen) atoms. The van der Waals surface area contributed by atoms with Gasteiger partial charge in [-0.3, -0.25) is 0 Å². The standard InChI is InChI=1S/C20H17F2P/c21-18-10-6-16(7-11-18)14-23(20-4-2-1-3-5-20)15-17-8-12-19(22)13-9-17/h1-13H,14-15H2. The van der Waals surface area contributed by atoms with Crippen LogP contribution in [-0.2, 0) is 12.3 Å². The number of rotatable bonds is 5. The first-order valence-electron chi connectivity index (χ1n) is 7.49. The van der Waals surface area contributed by atoms with E-state index in [9.17, 15) is 8.78 Å². The summed E-state index contributed by atoms with van der Waals surface area (Å²) in [5, 5.41) is 1.30. The highest BCUT2D eigenvalue weighted by atomic mass is 31.1. The van der Waals surface area contributed by atoms with Crippen molar-refractivity contribution in [2.75, 3.05) is 0 Å². The molecular formula is C20H17F2P. The van der Waals surface area contributed by atoms with Gasteiger partial charge < -0.3 is 0 Å². The minimum Gasteiger partial charge on any atom is -0.207 e. The summed E-state index contributed by atoms with van der Waals surface area (Å²) in [6.07, 6.45) is 1.77. The third-order valence-corrected chi connectivity index (χ3v) is 6.22. The molecule has 0 bridgehead atoms. The maximum atomic E-state index is 13.1. The molecule has 0 unspecified atom stereocenters. The van der Waals surface area contributed by atoms with Crippen LogP contribution in [0.1, 0.15) is 11.1 Å². The van der Waals surface area contributed by atoms with Crippen molar-refractivity contribution < 1.29 is 8.78 Å². The van der Waals surface area contributed by atoms with Gasteiger partial charge in [0.2, 0.25) is 0 Å². The van der Waals surface area contributed by atoms with Crippen LogP contribution in [0.3, 0.4) is 0 Å². The van der Waals surface area contributed by atoms with Gasteiger partial charge in [-0.2, -0.15) is 0 Å². The molecule has 0 atom stereocenters. The van der Waals surface area contributed by atoms with Gasteiger partial charge in [0.1, 0.15) is 11.6 Å². The number of hydrogen-bond acceptors (Lipinski definition) is 0. The van der Waals surface area contributed by atoms with Crippen LogP contribution in [-0.4, -0.2) is 0 Å². The van der Waals surface area contributed by atoms with Gasteiger partial charge in [0.05, 0.1) is 0 Å². The van der Waals surface area contributed by atoms with E-state index in [0.29, 0.717) is 0 Å². The lowest BCUT2D eigenvalue weighted by Crippen LogP contribution is -2.04. The van der Waals surface area contributed by atoms with Crippen molar-refractivity contribution in [3.8, 4) is 0 Å². The van der Waals surface area contributed by atoms with E-state index < -0.39 is 7.92 Å². The van der Waals surface area contributed by atoms with Gasteiger partial charge in [0.25, 0.3) is 0 Å². The Balaban J connectivity index is 1.84. The molecule has 0 aromatic heterocycles. The van der Waals surface area contributed by atoms with Gasteiger partial charge in [-0.1, -0.05) is 62.5 Å². The molecule has 0 nitrogen and oxygen atoms in total. The minimum absolute atomic E-state index is 0.212. The Morgan fingerprint density at radius 3 is 1.43 bits per heavy atom. The van der Waals surface area contributed by atoms with Gasteiger partial charge in [0.15, 0.2) is 0 Å². The molecule has 116 valence electrons. The van der Waals surface area contributed by atoms with Crippen LogP contribution in [0.5, 0.6) is 0 Å². The Labute approximate surface area is 136 Å². The summed E-state index contributed by atoms with van der Waals surface area (Å²) in [6, 6.07) is 23.8. The van der Waals surface area contributed by atoms with Crippen molar-refractivity contribution in [2.24, 2.45) is 0 Å². The summed E-state index contributed by atoms with van der Waals surface area (Å²) in [7, 11) is -0.473. The van der Waals surface area contributed by atoms with Crippen LogP contribution >= 0.6 is 7.92 Å². The van der Waals surface area contributed by atoms with Crippen molar-refractivity contribution in [1.82, 2.24) is 0 Å². The van der Waals surface area contributed by atoms with E-state index in [0.717, 1.165) is 23.5 Å². The van der Waals surface area contributed by atoms with Crippen molar-refractivity contribution in [2.45, 2.75) is 12.3 Å². The molecule has 0 spiro atoms. The second kappa shape index (κ2) is 7.48. The highest BCUT2D eigenvalue weighted by molar-refractivity contribution is 7.64. The number of halogens is 2. The Bertz CT molecular complexity index is 689. The minimum atomic E-state index is -0.473. The molecule has 0 aliphatic rings. The van der Waals surface area contributed by atoms with Crippen molar-refractivity contribution in [1.29, 1.82) is 0 Å². The lowest BCUT2D eigenvalue weighted by Gasteiger charge is -2.19. The smallest absolute Gasteiger partial charge is 0.123 e. The van der Waals surface area contributed by atoms with Gasteiger partial charge in [-0.15, -0.1) is 0 Å². The van der Waals surface area contributed by atoms with Gasteiger partial charge in [0, 0.05) is 0 Å². The SMILES string of the molecule is Fc1ccc(CP(Cc2ccc(F)cc2)c2ccccc2)cc1. The second-order valence-electron chi connectivity index (χ2n) is 5.44. The van der Waals surface area contributed by atoms with E-state index in [2.05, 4.69) is 12.1 Å². The summed E-state index contributed by atoms with van der Waals surface area (Å²) in [6.45, 7) is 0. The van der Waals surface area contributed by atoms with Crippen LogP contribution in [0.4, 0.5) is 8.78 Å². The maximum Gasteiger partial charge on any atom is 0.123 e. The van der Waals surface area contributed by atoms with Gasteiger partial charge in [-0.25, -0.2) is 8.78 Å². The van der Waals surface area contributed by atoms with Crippen molar-refractivity contribution in [3.63, 3.8) is 0 Å². The van der Waals surface area contributed by atoms with E-state index in [1.807, 2.05) is 42.5 Å². The normalized spacial score (nSPS) is 10.9. The molecule has 0 fully saturated rings. The van der Waals surface area contributed by atoms with E-state index in [-0.39, 0.29) is 11.6 Å². The molecule has 0 heterocycles. The lowest BCUT2D eigenvalue weighted by molar-refractivity contribution is 0.627. The maximum absolute atomic E-state index is 13.1. The molecule has 0 N–H and O–H groups in total. The van der Waals surface area contributed by atoms with Crippen LogP contribution < -0.4 is 5.30 Å². The summed E-state index contributed by atoms with van der Waals surface area (Å²) in [5.41, 5.74) is 2.26. The third kappa shape index (κ3) is 4.46. The predicted octanol–water partition coefficient (Wildman–Crippen LogP) is 5.47. The molecule has 0 amide bonds. The first-order valence-corrected chi connectivity index (χ1v) is 9.21. The molecule has 0 aliphatic carbocycles. The van der Waals surface area contributed by atoms with Crippen LogP contribution in [0, 0.1) is 11.6 Å². The lowest BCUT2D eigenvalue weighted by atomic mass is 10.2. The quantitative estimate of drug-likeness (QED) is 0.545. The average Bonchev–Trinajstić information content (AvgIpc) is 2.59. The fraction of sp³-hybridized carbons (Fsp3) is 0.100. The van der Waals surface area contributed by atoms with Crippen LogP contribution in [0.2, 0.25) is 0 Å². The fourth-order valence-corrected chi connectivity index (χ4v) is 4.87. The Kier molecular flexibility index (Phi) is 5.15. The van der Waals surface area contributed by atoms with E-state index in [1.165, 1.54) is 29.6 Å². The molecule has 3 heteroatoms. The summed E-state index contributed by atoms with van der Waals surface area (Å²) < 4.78 is 26.2. The molecular weight excluding hydrogens is 309 g/mol. The molecule has 3 rings (SSSR count). The zero-order valence-electron chi connectivity index (χ0n) is 12.6. The van der Waals surface area contributed by atoms with E-state index in [1.54, 1.807) is 0 Å². The molecule has 0 aliphatic heterocycles. The third-order valence-electron chi connectivity index (χ3n) is 3.69. The highest BCUT2D eigenvalue weighted by Gasteiger charge is 2.13. The topological polar surface area (TPSA) is 0 Å². The molecule has 0 saturated heterocycles. The average molecular weight is 326 g/mol. The number of hydrogen-bond donors (Lipinski definition) is 0. The Hall–Kier alpha value is -2.05. The van der Waals surface area contributed by atoms with Gasteiger partial charge >= 0.3 is 0 Å². The summed E-state index contributed by atoms with van der Waals surface area (Å²) in [5.74, 6) is -0.423. The van der Waals surface area contributed by atoms with Crippen molar-refractivity contribution >= 4 is 13.2 Å². The molecule has 0 radical (unpaired) electrons. The molecule has 3 aromatic rings. The van der Waals surface area contributed by atoms with Crippen molar-refractivity contribution in [3.05, 3.63) is 102 Å². The first kappa shape index (κ1) is 15.8. The largest absolute Gasteiger partial charge is 0.207 e. The highest BCUT2D eigenvalue weighted by Crippen LogP contribution is 2.42. The monoisotopic (exact) mass is 326 g/mol. The van der Waals surface area contributed by atoms with Crippen LogP contribution in [0.25, 0.3) is 0 Å². The molecule has 0 saturated carbocycles. The summed E-state index contributed by atoms with van der Waals surface area (Å²) >= 11 is 0. The zero-order chi connectivity index (χ0) is 16.1. The second-order valence-corrected chi connectivity index (χ2v) is 7.67. The Morgan fingerprint density at radius 2 is 1.00 bits per heavy atom. The van der Waals surface area contributed by atoms with E-state index in [4.69, 9.17) is 0 Å². The summed E-state index contributed by atoms with van der Waals surface area (Å²) in [4.78, 5) is 0. The number of benzene rings is 3. The zero-order valence-corrected chi connectivity index (χ0v) is 13.5. The van der Waals surface area contributed by atoms with Crippen LogP contribution in [0.15, 0.2) is 78.9 Å². The predicted molar refractivity (Wildman–Crippen MR) is 93.2 cm³/mol. The fourth-order valence-electron chi connectivity index (χ4n) is 2.50. The first-order chi connectivity index (χ1) is 11.2. The van der Waals surface area contributed by atoms with Gasteiger partial charge in [-0.05, 0) is 53.0 Å². The molecule has 3 aromatic carbocycles.